The van der Waals surface area contributed by atoms with Crippen LogP contribution in [0.2, 0.25) is 0 Å². The van der Waals surface area contributed by atoms with Gasteiger partial charge in [0.2, 0.25) is 5.83 Å². The fourth-order valence-electron chi connectivity index (χ4n) is 1.40. The molecule has 0 rings (SSSR count). The van der Waals surface area contributed by atoms with E-state index in [1.165, 1.54) is 13.8 Å². The lowest BCUT2D eigenvalue weighted by Crippen LogP contribution is -2.62. The molecule has 0 aliphatic heterocycles. The van der Waals surface area contributed by atoms with Crippen molar-refractivity contribution >= 4 is 22.0 Å². The molecule has 2 N–H and O–H groups in total. The second-order valence-electron chi connectivity index (χ2n) is 5.25. The van der Waals surface area contributed by atoms with Gasteiger partial charge in [-0.1, -0.05) is 6.58 Å². The first-order valence-electron chi connectivity index (χ1n) is 6.81. The summed E-state index contributed by atoms with van der Waals surface area (Å²) in [5.41, 5.74) is 0. The normalized spacial score (nSPS) is 15.2. The van der Waals surface area contributed by atoms with Crippen molar-refractivity contribution in [1.29, 1.82) is 0 Å². The van der Waals surface area contributed by atoms with Gasteiger partial charge in [-0.05, 0) is 13.8 Å². The summed E-state index contributed by atoms with van der Waals surface area (Å²) >= 11 is 0. The minimum atomic E-state index is -6.01. The minimum absolute atomic E-state index is 0.991. The molecular formula is C12H15F6NO7S. The summed E-state index contributed by atoms with van der Waals surface area (Å²) in [6, 6.07) is -0.991. The Morgan fingerprint density at radius 1 is 1.19 bits per heavy atom. The van der Waals surface area contributed by atoms with E-state index in [-0.39, 0.29) is 0 Å². The second kappa shape index (κ2) is 8.43. The summed E-state index contributed by atoms with van der Waals surface area (Å²) in [7, 11) is -6.01. The number of carbonyl (C=O) groups excluding carboxylic acids is 2. The molecule has 0 aliphatic rings. The van der Waals surface area contributed by atoms with Crippen LogP contribution in [0.15, 0.2) is 12.4 Å². The zero-order chi connectivity index (χ0) is 21.8. The van der Waals surface area contributed by atoms with E-state index in [1.54, 1.807) is 5.32 Å². The maximum Gasteiger partial charge on any atom is 0.466 e. The van der Waals surface area contributed by atoms with Gasteiger partial charge in [0.05, 0.1) is 13.0 Å². The maximum atomic E-state index is 13.4. The Labute approximate surface area is 149 Å². The second-order valence-corrected chi connectivity index (χ2v) is 6.80. The molecule has 8 nitrogen and oxygen atoms in total. The number of rotatable bonds is 9. The minimum Gasteiger partial charge on any atom is -0.410 e. The Morgan fingerprint density at radius 3 is 2.00 bits per heavy atom. The predicted octanol–water partition coefficient (Wildman–Crippen LogP) is 1.68. The largest absolute Gasteiger partial charge is 0.466 e. The van der Waals surface area contributed by atoms with E-state index in [0.29, 0.717) is 0 Å². The van der Waals surface area contributed by atoms with E-state index in [9.17, 15) is 44.3 Å². The van der Waals surface area contributed by atoms with Crippen LogP contribution in [-0.4, -0.2) is 54.7 Å². The van der Waals surface area contributed by atoms with Gasteiger partial charge in [-0.2, -0.15) is 34.8 Å². The van der Waals surface area contributed by atoms with Crippen molar-refractivity contribution in [2.24, 2.45) is 0 Å². The van der Waals surface area contributed by atoms with Gasteiger partial charge >= 0.3 is 39.2 Å². The molecular weight excluding hydrogens is 416 g/mol. The fourth-order valence-corrected chi connectivity index (χ4v) is 1.74. The van der Waals surface area contributed by atoms with E-state index < -0.39 is 64.1 Å². The standard InChI is InChI=1S/C12H15F6NO7S/c1-6(2)19-9(21)11(12(16,17)18,26-8(20)7(3)13)25-5-4-10(14,15)27(22,23)24/h6H,3-5H2,1-2H3,(H,19,21)(H,22,23,24). The third-order valence-corrected chi connectivity index (χ3v) is 3.58. The van der Waals surface area contributed by atoms with Gasteiger partial charge < -0.3 is 14.8 Å². The molecule has 1 atom stereocenters. The summed E-state index contributed by atoms with van der Waals surface area (Å²) < 4.78 is 116. The average Bonchev–Trinajstić information content (AvgIpc) is 2.42. The summed E-state index contributed by atoms with van der Waals surface area (Å²) in [6.45, 7) is 2.89. The average molecular weight is 431 g/mol. The van der Waals surface area contributed by atoms with Gasteiger partial charge in [0, 0.05) is 6.04 Å². The first-order valence-corrected chi connectivity index (χ1v) is 8.25. The van der Waals surface area contributed by atoms with Crippen LogP contribution in [-0.2, 0) is 29.2 Å². The third kappa shape index (κ3) is 6.35. The van der Waals surface area contributed by atoms with Crippen LogP contribution in [0.1, 0.15) is 20.3 Å². The number of nitrogens with one attached hydrogen (secondary N) is 1. The molecule has 0 saturated carbocycles. The van der Waals surface area contributed by atoms with Gasteiger partial charge in [0.1, 0.15) is 0 Å². The molecule has 0 radical (unpaired) electrons. The van der Waals surface area contributed by atoms with Crippen molar-refractivity contribution in [2.75, 3.05) is 6.61 Å². The molecule has 1 unspecified atom stereocenters. The van der Waals surface area contributed by atoms with Gasteiger partial charge in [-0.25, -0.2) is 4.79 Å². The highest BCUT2D eigenvalue weighted by atomic mass is 32.2. The van der Waals surface area contributed by atoms with E-state index in [0.717, 1.165) is 0 Å². The molecule has 158 valence electrons. The highest BCUT2D eigenvalue weighted by Gasteiger charge is 2.67. The molecule has 0 spiro atoms. The first kappa shape index (κ1) is 25.1. The van der Waals surface area contributed by atoms with Crippen LogP contribution in [0.5, 0.6) is 0 Å². The number of hydrogen-bond donors (Lipinski definition) is 2. The van der Waals surface area contributed by atoms with E-state index in [2.05, 4.69) is 16.1 Å². The number of halogens is 6. The van der Waals surface area contributed by atoms with Crippen molar-refractivity contribution in [3.8, 4) is 0 Å². The van der Waals surface area contributed by atoms with Gasteiger partial charge in [0.15, 0.2) is 0 Å². The quantitative estimate of drug-likeness (QED) is 0.187. The lowest BCUT2D eigenvalue weighted by atomic mass is 10.2. The van der Waals surface area contributed by atoms with Crippen molar-refractivity contribution in [2.45, 2.75) is 43.5 Å². The zero-order valence-corrected chi connectivity index (χ0v) is 14.6. The maximum absolute atomic E-state index is 13.4. The monoisotopic (exact) mass is 431 g/mol. The summed E-state index contributed by atoms with van der Waals surface area (Å²) in [5.74, 6) is -11.2. The predicted molar refractivity (Wildman–Crippen MR) is 75.5 cm³/mol. The third-order valence-electron chi connectivity index (χ3n) is 2.63. The fraction of sp³-hybridized carbons (Fsp3) is 0.667. The molecule has 1 amide bonds. The van der Waals surface area contributed by atoms with Crippen LogP contribution in [0.25, 0.3) is 0 Å². The molecule has 0 saturated heterocycles. The van der Waals surface area contributed by atoms with Crippen molar-refractivity contribution < 1.29 is 58.4 Å². The Balaban J connectivity index is 5.90. The molecule has 0 aliphatic carbocycles. The number of amides is 1. The SMILES string of the molecule is C=C(F)C(=O)OC(OCCC(F)(F)S(=O)(=O)O)(C(=O)NC(C)C)C(F)(F)F. The Morgan fingerprint density at radius 2 is 1.67 bits per heavy atom. The molecule has 0 aromatic heterocycles. The number of esters is 1. The Bertz CT molecular complexity index is 691. The summed E-state index contributed by atoms with van der Waals surface area (Å²) in [6.07, 6.45) is -7.95. The highest BCUT2D eigenvalue weighted by Crippen LogP contribution is 2.37. The molecule has 0 aromatic rings. The van der Waals surface area contributed by atoms with Crippen LogP contribution in [0.3, 0.4) is 0 Å². The smallest absolute Gasteiger partial charge is 0.410 e. The first-order chi connectivity index (χ1) is 11.9. The lowest BCUT2D eigenvalue weighted by molar-refractivity contribution is -0.348. The van der Waals surface area contributed by atoms with Crippen LogP contribution >= 0.6 is 0 Å². The lowest BCUT2D eigenvalue weighted by Gasteiger charge is -2.33. The van der Waals surface area contributed by atoms with E-state index >= 15 is 0 Å². The van der Waals surface area contributed by atoms with E-state index in [4.69, 9.17) is 4.55 Å². The van der Waals surface area contributed by atoms with Crippen molar-refractivity contribution in [1.82, 2.24) is 5.32 Å². The van der Waals surface area contributed by atoms with Crippen LogP contribution in [0, 0.1) is 0 Å². The number of hydrogen-bond acceptors (Lipinski definition) is 6. The topological polar surface area (TPSA) is 119 Å². The van der Waals surface area contributed by atoms with Gasteiger partial charge in [-0.3, -0.25) is 9.35 Å². The number of ether oxygens (including phenoxy) is 2. The van der Waals surface area contributed by atoms with Crippen molar-refractivity contribution in [3.05, 3.63) is 12.4 Å². The van der Waals surface area contributed by atoms with Gasteiger partial charge in [0.25, 0.3) is 0 Å². The Kier molecular flexibility index (Phi) is 7.85. The molecule has 0 heterocycles. The molecule has 0 aromatic carbocycles. The number of alkyl halides is 5. The molecule has 0 fully saturated rings. The molecule has 15 heteroatoms. The van der Waals surface area contributed by atoms with Gasteiger partial charge in [-0.15, -0.1) is 0 Å². The van der Waals surface area contributed by atoms with Crippen molar-refractivity contribution in [3.63, 3.8) is 0 Å². The summed E-state index contributed by atoms with van der Waals surface area (Å²) in [4.78, 5) is 23.1. The summed E-state index contributed by atoms with van der Waals surface area (Å²) in [5, 5.41) is -3.29. The molecule has 27 heavy (non-hydrogen) atoms. The zero-order valence-electron chi connectivity index (χ0n) is 13.8. The van der Waals surface area contributed by atoms with E-state index in [1.807, 2.05) is 0 Å². The Hall–Kier alpha value is -1.87. The molecule has 0 bridgehead atoms. The van der Waals surface area contributed by atoms with Crippen LogP contribution < -0.4 is 5.32 Å². The number of carbonyl (C=O) groups is 2. The highest BCUT2D eigenvalue weighted by molar-refractivity contribution is 7.86. The van der Waals surface area contributed by atoms with Crippen LogP contribution in [0.4, 0.5) is 26.3 Å².